The molecule has 7 nitrogen and oxygen atoms in total. The Kier molecular flexibility index (Phi) is 11.0. The van der Waals surface area contributed by atoms with Crippen molar-refractivity contribution in [2.24, 2.45) is 0 Å². The Morgan fingerprint density at radius 2 is 1.62 bits per heavy atom. The number of anilines is 1. The smallest absolute Gasteiger partial charge is 0.244 e. The van der Waals surface area contributed by atoms with Crippen molar-refractivity contribution in [2.45, 2.75) is 45.3 Å². The molecule has 1 N–H and O–H groups in total. The van der Waals surface area contributed by atoms with E-state index in [4.69, 9.17) is 11.6 Å². The van der Waals surface area contributed by atoms with Crippen molar-refractivity contribution in [3.05, 3.63) is 99.5 Å². The van der Waals surface area contributed by atoms with Gasteiger partial charge in [0, 0.05) is 23.5 Å². The third kappa shape index (κ3) is 8.81. The van der Waals surface area contributed by atoms with E-state index in [-0.39, 0.29) is 35.6 Å². The van der Waals surface area contributed by atoms with Crippen molar-refractivity contribution < 1.29 is 18.0 Å². The SMILES string of the molecule is CC[C@@H](C)NC(=O)[C@H](Cc1ccccc1)N(Cc1cccc(Br)c1)C(=O)CN(c1ccccc1Cl)S(C)(=O)=O. The number of hydrogen-bond donors (Lipinski definition) is 1. The van der Waals surface area contributed by atoms with Crippen LogP contribution >= 0.6 is 27.5 Å². The number of halogens is 2. The lowest BCUT2D eigenvalue weighted by Gasteiger charge is -2.34. The fraction of sp³-hybridized carbons (Fsp3) is 0.310. The van der Waals surface area contributed by atoms with Crippen LogP contribution in [0.2, 0.25) is 5.02 Å². The van der Waals surface area contributed by atoms with E-state index in [1.165, 1.54) is 4.90 Å². The van der Waals surface area contributed by atoms with Gasteiger partial charge in [0.25, 0.3) is 0 Å². The third-order valence-corrected chi connectivity index (χ3v) is 8.25. The van der Waals surface area contributed by atoms with Gasteiger partial charge in [0.15, 0.2) is 0 Å². The van der Waals surface area contributed by atoms with Crippen molar-refractivity contribution in [1.29, 1.82) is 0 Å². The summed E-state index contributed by atoms with van der Waals surface area (Å²) in [5.41, 5.74) is 1.86. The van der Waals surface area contributed by atoms with Gasteiger partial charge in [-0.2, -0.15) is 0 Å². The average molecular weight is 635 g/mol. The maximum atomic E-state index is 14.1. The van der Waals surface area contributed by atoms with E-state index < -0.39 is 28.5 Å². The van der Waals surface area contributed by atoms with Crippen LogP contribution in [0.15, 0.2) is 83.3 Å². The predicted molar refractivity (Wildman–Crippen MR) is 160 cm³/mol. The number of rotatable bonds is 12. The van der Waals surface area contributed by atoms with Gasteiger partial charge in [-0.1, -0.05) is 89.1 Å². The molecule has 3 rings (SSSR count). The summed E-state index contributed by atoms with van der Waals surface area (Å²) in [5, 5.41) is 3.21. The average Bonchev–Trinajstić information content (AvgIpc) is 2.89. The van der Waals surface area contributed by atoms with Gasteiger partial charge < -0.3 is 10.2 Å². The van der Waals surface area contributed by atoms with Gasteiger partial charge in [-0.25, -0.2) is 8.42 Å². The fourth-order valence-corrected chi connectivity index (χ4v) is 5.67. The molecule has 0 saturated carbocycles. The number of para-hydroxylation sites is 1. The van der Waals surface area contributed by atoms with E-state index in [1.807, 2.05) is 68.4 Å². The number of hydrogen-bond acceptors (Lipinski definition) is 4. The second kappa shape index (κ2) is 14.0. The van der Waals surface area contributed by atoms with Crippen LogP contribution in [0.3, 0.4) is 0 Å². The second-order valence-electron chi connectivity index (χ2n) is 9.40. The Morgan fingerprint density at radius 1 is 0.974 bits per heavy atom. The number of amides is 2. The molecule has 0 heterocycles. The Labute approximate surface area is 244 Å². The van der Waals surface area contributed by atoms with Crippen LogP contribution < -0.4 is 9.62 Å². The van der Waals surface area contributed by atoms with E-state index in [2.05, 4.69) is 21.2 Å². The third-order valence-electron chi connectivity index (χ3n) is 6.31. The van der Waals surface area contributed by atoms with Crippen molar-refractivity contribution in [1.82, 2.24) is 10.2 Å². The zero-order chi connectivity index (χ0) is 28.6. The van der Waals surface area contributed by atoms with Crippen LogP contribution in [0.1, 0.15) is 31.4 Å². The standard InChI is InChI=1S/C29H33BrClN3O4S/c1-4-21(2)32-29(36)27(18-22-11-6-5-7-12-22)33(19-23-13-10-14-24(30)17-23)28(35)20-34(39(3,37)38)26-16-9-8-15-25(26)31/h5-17,21,27H,4,18-20H2,1-3H3,(H,32,36)/t21-,27+/m1/s1. The molecule has 39 heavy (non-hydrogen) atoms. The maximum Gasteiger partial charge on any atom is 0.244 e. The zero-order valence-electron chi connectivity index (χ0n) is 22.2. The van der Waals surface area contributed by atoms with Gasteiger partial charge in [-0.05, 0) is 48.7 Å². The Hall–Kier alpha value is -2.88. The Balaban J connectivity index is 2.07. The van der Waals surface area contributed by atoms with Crippen LogP contribution in [0.5, 0.6) is 0 Å². The molecule has 0 aliphatic carbocycles. The lowest BCUT2D eigenvalue weighted by Crippen LogP contribution is -2.54. The van der Waals surface area contributed by atoms with Gasteiger partial charge in [0.05, 0.1) is 17.0 Å². The largest absolute Gasteiger partial charge is 0.352 e. The molecule has 10 heteroatoms. The molecule has 0 fully saturated rings. The number of carbonyl (C=O) groups excluding carboxylic acids is 2. The molecule has 0 unspecified atom stereocenters. The minimum absolute atomic E-state index is 0.101. The van der Waals surface area contributed by atoms with E-state index in [0.717, 1.165) is 32.6 Å². The first-order chi connectivity index (χ1) is 18.5. The van der Waals surface area contributed by atoms with Crippen molar-refractivity contribution >= 4 is 55.1 Å². The summed E-state index contributed by atoms with van der Waals surface area (Å²) in [6.07, 6.45) is 2.00. The zero-order valence-corrected chi connectivity index (χ0v) is 25.3. The molecule has 0 aliphatic rings. The summed E-state index contributed by atoms with van der Waals surface area (Å²) in [4.78, 5) is 29.2. The summed E-state index contributed by atoms with van der Waals surface area (Å²) >= 11 is 9.80. The molecule has 0 aliphatic heterocycles. The molecule has 3 aromatic rings. The molecule has 2 atom stereocenters. The topological polar surface area (TPSA) is 86.8 Å². The minimum atomic E-state index is -3.88. The van der Waals surface area contributed by atoms with E-state index in [1.54, 1.807) is 24.3 Å². The van der Waals surface area contributed by atoms with Gasteiger partial charge in [-0.15, -0.1) is 0 Å². The molecule has 0 radical (unpaired) electrons. The summed E-state index contributed by atoms with van der Waals surface area (Å²) in [7, 11) is -3.88. The molecule has 0 spiro atoms. The second-order valence-corrected chi connectivity index (χ2v) is 12.6. The Morgan fingerprint density at radius 3 is 2.23 bits per heavy atom. The number of nitrogens with one attached hydrogen (secondary N) is 1. The van der Waals surface area contributed by atoms with Crippen LogP contribution in [0, 0.1) is 0 Å². The minimum Gasteiger partial charge on any atom is -0.352 e. The number of benzene rings is 3. The van der Waals surface area contributed by atoms with Gasteiger partial charge in [0.1, 0.15) is 12.6 Å². The maximum absolute atomic E-state index is 14.1. The van der Waals surface area contributed by atoms with Crippen molar-refractivity contribution in [3.63, 3.8) is 0 Å². The quantitative estimate of drug-likeness (QED) is 0.288. The monoisotopic (exact) mass is 633 g/mol. The highest BCUT2D eigenvalue weighted by Crippen LogP contribution is 2.28. The highest BCUT2D eigenvalue weighted by molar-refractivity contribution is 9.10. The summed E-state index contributed by atoms with van der Waals surface area (Å²) in [6.45, 7) is 3.46. The van der Waals surface area contributed by atoms with Gasteiger partial charge in [0.2, 0.25) is 21.8 Å². The Bertz CT molecular complexity index is 1390. The van der Waals surface area contributed by atoms with E-state index >= 15 is 0 Å². The molecule has 0 saturated heterocycles. The van der Waals surface area contributed by atoms with Gasteiger partial charge >= 0.3 is 0 Å². The first kappa shape index (κ1) is 30.7. The molecule has 0 aromatic heterocycles. The summed E-state index contributed by atoms with van der Waals surface area (Å²) in [5.74, 6) is -0.833. The highest BCUT2D eigenvalue weighted by atomic mass is 79.9. The van der Waals surface area contributed by atoms with Crippen molar-refractivity contribution in [2.75, 3.05) is 17.1 Å². The normalized spacial score (nSPS) is 12.8. The van der Waals surface area contributed by atoms with Crippen LogP contribution in [-0.4, -0.2) is 50.0 Å². The lowest BCUT2D eigenvalue weighted by atomic mass is 10.0. The first-order valence-corrected chi connectivity index (χ1v) is 15.6. The van der Waals surface area contributed by atoms with Gasteiger partial charge in [-0.3, -0.25) is 13.9 Å². The van der Waals surface area contributed by atoms with E-state index in [9.17, 15) is 18.0 Å². The fourth-order valence-electron chi connectivity index (χ4n) is 4.08. The molecule has 2 amide bonds. The van der Waals surface area contributed by atoms with Crippen LogP contribution in [0.25, 0.3) is 0 Å². The number of nitrogens with zero attached hydrogens (tertiary/aromatic N) is 2. The highest BCUT2D eigenvalue weighted by Gasteiger charge is 2.33. The predicted octanol–water partition coefficient (Wildman–Crippen LogP) is 5.42. The molecular formula is C29H33BrClN3O4S. The number of sulfonamides is 1. The lowest BCUT2D eigenvalue weighted by molar-refractivity contribution is -0.140. The molecular weight excluding hydrogens is 602 g/mol. The van der Waals surface area contributed by atoms with Crippen LogP contribution in [-0.2, 0) is 32.6 Å². The molecule has 208 valence electrons. The summed E-state index contributed by atoms with van der Waals surface area (Å²) < 4.78 is 27.5. The van der Waals surface area contributed by atoms with E-state index in [0.29, 0.717) is 0 Å². The van der Waals surface area contributed by atoms with Crippen molar-refractivity contribution in [3.8, 4) is 0 Å². The molecule has 0 bridgehead atoms. The summed E-state index contributed by atoms with van der Waals surface area (Å²) in [6, 6.07) is 22.3. The number of carbonyl (C=O) groups is 2. The first-order valence-electron chi connectivity index (χ1n) is 12.6. The van der Waals surface area contributed by atoms with Crippen LogP contribution in [0.4, 0.5) is 5.69 Å². The molecule has 3 aromatic carbocycles.